The van der Waals surface area contributed by atoms with E-state index in [0.717, 1.165) is 42.9 Å². The Hall–Kier alpha value is -0.810. The molecule has 0 aromatic carbocycles. The lowest BCUT2D eigenvalue weighted by molar-refractivity contribution is 0.0614. The molecule has 0 N–H and O–H groups in total. The number of carbonyl (C=O) groups is 1. The molecule has 0 aliphatic carbocycles. The van der Waals surface area contributed by atoms with Gasteiger partial charge in [-0.3, -0.25) is 9.69 Å². The van der Waals surface area contributed by atoms with Crippen LogP contribution in [0.4, 0.5) is 0 Å². The third-order valence-corrected chi connectivity index (χ3v) is 3.91. The predicted octanol–water partition coefficient (Wildman–Crippen LogP) is 2.20. The number of nitrogens with zero attached hydrogens (tertiary/aromatic N) is 3. The van der Waals surface area contributed by atoms with Crippen molar-refractivity contribution in [2.75, 3.05) is 32.7 Å². The lowest BCUT2D eigenvalue weighted by atomic mass is 10.2. The van der Waals surface area contributed by atoms with Crippen molar-refractivity contribution in [2.45, 2.75) is 13.8 Å². The van der Waals surface area contributed by atoms with Gasteiger partial charge in [-0.1, -0.05) is 13.8 Å². The summed E-state index contributed by atoms with van der Waals surface area (Å²) < 4.78 is 2.84. The summed E-state index contributed by atoms with van der Waals surface area (Å²) in [5.74, 6) is 0.823. The Balaban J connectivity index is 1.94. The van der Waals surface area contributed by atoms with Gasteiger partial charge in [-0.25, -0.2) is 0 Å². The second-order valence-corrected chi connectivity index (χ2v) is 6.56. The highest BCUT2D eigenvalue weighted by Gasteiger charge is 2.24. The maximum Gasteiger partial charge on any atom is 0.270 e. The summed E-state index contributed by atoms with van der Waals surface area (Å²) in [6, 6.07) is 1.89. The van der Waals surface area contributed by atoms with Crippen molar-refractivity contribution in [2.24, 2.45) is 13.0 Å². The summed E-state index contributed by atoms with van der Waals surface area (Å²) in [5, 5.41) is 0. The topological polar surface area (TPSA) is 28.5 Å². The van der Waals surface area contributed by atoms with Crippen LogP contribution in [0.1, 0.15) is 24.3 Å². The SMILES string of the molecule is CC(C)CN1CCN(C(=O)c2cc(Br)cn2C)CC1. The lowest BCUT2D eigenvalue weighted by Gasteiger charge is -2.35. The molecule has 2 rings (SSSR count). The molecule has 5 heteroatoms. The summed E-state index contributed by atoms with van der Waals surface area (Å²) in [4.78, 5) is 16.8. The van der Waals surface area contributed by atoms with Crippen LogP contribution in [0.25, 0.3) is 0 Å². The van der Waals surface area contributed by atoms with E-state index in [4.69, 9.17) is 0 Å². The van der Waals surface area contributed by atoms with Crippen LogP contribution in [-0.2, 0) is 7.05 Å². The molecule has 19 heavy (non-hydrogen) atoms. The molecule has 2 heterocycles. The lowest BCUT2D eigenvalue weighted by Crippen LogP contribution is -2.49. The van der Waals surface area contributed by atoms with Crippen LogP contribution in [-0.4, -0.2) is 53.0 Å². The van der Waals surface area contributed by atoms with E-state index in [0.29, 0.717) is 5.92 Å². The molecule has 1 amide bonds. The standard InChI is InChI=1S/C14H22BrN3O/c1-11(2)9-17-4-6-18(7-5-17)14(19)13-8-12(15)10-16(13)3/h8,10-11H,4-7,9H2,1-3H3. The number of halogens is 1. The molecule has 1 aliphatic heterocycles. The molecule has 0 unspecified atom stereocenters. The van der Waals surface area contributed by atoms with Crippen molar-refractivity contribution >= 4 is 21.8 Å². The Labute approximate surface area is 123 Å². The van der Waals surface area contributed by atoms with Gasteiger partial charge in [0.25, 0.3) is 5.91 Å². The van der Waals surface area contributed by atoms with E-state index in [1.54, 1.807) is 0 Å². The van der Waals surface area contributed by atoms with Crippen LogP contribution < -0.4 is 0 Å². The monoisotopic (exact) mass is 327 g/mol. The van der Waals surface area contributed by atoms with E-state index >= 15 is 0 Å². The highest BCUT2D eigenvalue weighted by molar-refractivity contribution is 9.10. The minimum atomic E-state index is 0.136. The summed E-state index contributed by atoms with van der Waals surface area (Å²) in [6.45, 7) is 9.21. The van der Waals surface area contributed by atoms with E-state index in [9.17, 15) is 4.79 Å². The highest BCUT2D eigenvalue weighted by atomic mass is 79.9. The summed E-state index contributed by atoms with van der Waals surface area (Å²) in [6.07, 6.45) is 1.92. The number of amides is 1. The molecule has 0 spiro atoms. The average Bonchev–Trinajstić information content (AvgIpc) is 2.68. The van der Waals surface area contributed by atoms with Gasteiger partial charge >= 0.3 is 0 Å². The molecular weight excluding hydrogens is 306 g/mol. The first kappa shape index (κ1) is 14.6. The molecule has 1 aliphatic rings. The molecular formula is C14H22BrN3O. The fourth-order valence-electron chi connectivity index (χ4n) is 2.55. The van der Waals surface area contributed by atoms with E-state index < -0.39 is 0 Å². The van der Waals surface area contributed by atoms with Crippen molar-refractivity contribution in [3.05, 3.63) is 22.4 Å². The van der Waals surface area contributed by atoms with Crippen molar-refractivity contribution in [3.63, 3.8) is 0 Å². The van der Waals surface area contributed by atoms with Gasteiger partial charge in [0.15, 0.2) is 0 Å². The number of carbonyl (C=O) groups excluding carboxylic acids is 1. The molecule has 0 radical (unpaired) electrons. The molecule has 1 aromatic rings. The van der Waals surface area contributed by atoms with Crippen LogP contribution in [0.2, 0.25) is 0 Å². The predicted molar refractivity (Wildman–Crippen MR) is 80.3 cm³/mol. The number of hydrogen-bond acceptors (Lipinski definition) is 2. The van der Waals surface area contributed by atoms with Gasteiger partial charge in [0.05, 0.1) is 0 Å². The van der Waals surface area contributed by atoms with Gasteiger partial charge in [-0.05, 0) is 27.9 Å². The quantitative estimate of drug-likeness (QED) is 0.851. The highest BCUT2D eigenvalue weighted by Crippen LogP contribution is 2.16. The zero-order valence-corrected chi connectivity index (χ0v) is 13.5. The molecule has 1 fully saturated rings. The van der Waals surface area contributed by atoms with Gasteiger partial charge in [-0.2, -0.15) is 0 Å². The minimum Gasteiger partial charge on any atom is -0.345 e. The Kier molecular flexibility index (Phi) is 4.68. The molecule has 4 nitrogen and oxygen atoms in total. The van der Waals surface area contributed by atoms with E-state index in [-0.39, 0.29) is 5.91 Å². The zero-order valence-electron chi connectivity index (χ0n) is 11.9. The van der Waals surface area contributed by atoms with Crippen LogP contribution in [0.15, 0.2) is 16.7 Å². The maximum atomic E-state index is 12.4. The van der Waals surface area contributed by atoms with Crippen LogP contribution in [0.5, 0.6) is 0 Å². The largest absolute Gasteiger partial charge is 0.345 e. The number of hydrogen-bond donors (Lipinski definition) is 0. The molecule has 0 atom stereocenters. The number of rotatable bonds is 3. The van der Waals surface area contributed by atoms with Crippen molar-refractivity contribution in [1.29, 1.82) is 0 Å². The van der Waals surface area contributed by atoms with Gasteiger partial charge < -0.3 is 9.47 Å². The second kappa shape index (κ2) is 6.09. The number of aromatic nitrogens is 1. The summed E-state index contributed by atoms with van der Waals surface area (Å²) >= 11 is 3.41. The van der Waals surface area contributed by atoms with Gasteiger partial charge in [-0.15, -0.1) is 0 Å². The third-order valence-electron chi connectivity index (χ3n) is 3.47. The van der Waals surface area contributed by atoms with Crippen LogP contribution in [0, 0.1) is 5.92 Å². The van der Waals surface area contributed by atoms with Gasteiger partial charge in [0.1, 0.15) is 5.69 Å². The number of aryl methyl sites for hydroxylation is 1. The maximum absolute atomic E-state index is 12.4. The fourth-order valence-corrected chi connectivity index (χ4v) is 3.07. The summed E-state index contributed by atoms with van der Waals surface area (Å²) in [5.41, 5.74) is 0.754. The summed E-state index contributed by atoms with van der Waals surface area (Å²) in [7, 11) is 1.91. The van der Waals surface area contributed by atoms with E-state index in [1.165, 1.54) is 0 Å². The first-order valence-electron chi connectivity index (χ1n) is 6.81. The van der Waals surface area contributed by atoms with Crippen molar-refractivity contribution in [1.82, 2.24) is 14.4 Å². The molecule has 0 bridgehead atoms. The van der Waals surface area contributed by atoms with Gasteiger partial charge in [0, 0.05) is 50.4 Å². The zero-order chi connectivity index (χ0) is 14.0. The van der Waals surface area contributed by atoms with E-state index in [1.807, 2.05) is 28.8 Å². The van der Waals surface area contributed by atoms with Crippen molar-refractivity contribution in [3.8, 4) is 0 Å². The van der Waals surface area contributed by atoms with Crippen LogP contribution in [0.3, 0.4) is 0 Å². The fraction of sp³-hybridized carbons (Fsp3) is 0.643. The average molecular weight is 328 g/mol. The smallest absolute Gasteiger partial charge is 0.270 e. The Morgan fingerprint density at radius 3 is 2.42 bits per heavy atom. The first-order chi connectivity index (χ1) is 8.97. The molecule has 0 saturated carbocycles. The van der Waals surface area contributed by atoms with Crippen molar-refractivity contribution < 1.29 is 4.79 Å². The Morgan fingerprint density at radius 2 is 1.95 bits per heavy atom. The van der Waals surface area contributed by atoms with E-state index in [2.05, 4.69) is 34.7 Å². The van der Waals surface area contributed by atoms with Gasteiger partial charge in [0.2, 0.25) is 0 Å². The molecule has 1 aromatic heterocycles. The molecule has 1 saturated heterocycles. The Bertz CT molecular complexity index is 448. The second-order valence-electron chi connectivity index (χ2n) is 5.64. The third kappa shape index (κ3) is 3.60. The Morgan fingerprint density at radius 1 is 1.32 bits per heavy atom. The first-order valence-corrected chi connectivity index (χ1v) is 7.60. The normalized spacial score (nSPS) is 17.2. The molecule has 106 valence electrons. The van der Waals surface area contributed by atoms with Crippen LogP contribution >= 0.6 is 15.9 Å². The number of piperazine rings is 1. The minimum absolute atomic E-state index is 0.136.